The third-order valence-electron chi connectivity index (χ3n) is 3.42. The monoisotopic (exact) mass is 398 g/mol. The Bertz CT molecular complexity index is 911. The highest BCUT2D eigenvalue weighted by atomic mass is 79.9. The van der Waals surface area contributed by atoms with Crippen LogP contribution in [0.25, 0.3) is 0 Å². The number of rotatable bonds is 4. The number of nitrogens with one attached hydrogen (secondary N) is 1. The number of amides is 1. The highest BCUT2D eigenvalue weighted by Gasteiger charge is 2.10. The summed E-state index contributed by atoms with van der Waals surface area (Å²) in [7, 11) is 0. The topological polar surface area (TPSA) is 71.5 Å². The second kappa shape index (κ2) is 7.36. The second-order valence-corrected chi connectivity index (χ2v) is 6.33. The molecule has 0 aliphatic rings. The number of anilines is 1. The van der Waals surface area contributed by atoms with E-state index in [1.54, 1.807) is 24.3 Å². The molecule has 25 heavy (non-hydrogen) atoms. The van der Waals surface area contributed by atoms with Gasteiger partial charge in [0.1, 0.15) is 11.5 Å². The van der Waals surface area contributed by atoms with Gasteiger partial charge in [-0.25, -0.2) is 4.98 Å². The maximum atomic E-state index is 12.3. The molecule has 1 heterocycles. The lowest BCUT2D eigenvalue weighted by molar-refractivity contribution is 0.102. The van der Waals surface area contributed by atoms with Gasteiger partial charge in [-0.3, -0.25) is 4.79 Å². The third-order valence-corrected chi connectivity index (χ3v) is 3.91. The Hall–Kier alpha value is -2.86. The van der Waals surface area contributed by atoms with E-state index in [0.717, 1.165) is 10.0 Å². The molecule has 2 aromatic carbocycles. The van der Waals surface area contributed by atoms with Gasteiger partial charge >= 0.3 is 0 Å². The number of halogens is 1. The van der Waals surface area contributed by atoms with Crippen molar-refractivity contribution in [1.29, 1.82) is 0 Å². The summed E-state index contributed by atoms with van der Waals surface area (Å²) in [6.45, 7) is 1.88. The van der Waals surface area contributed by atoms with Crippen LogP contribution in [0.5, 0.6) is 17.4 Å². The van der Waals surface area contributed by atoms with E-state index in [-0.39, 0.29) is 11.7 Å². The van der Waals surface area contributed by atoms with Crippen molar-refractivity contribution in [2.24, 2.45) is 0 Å². The Kier molecular flexibility index (Phi) is 5.00. The molecular weight excluding hydrogens is 384 g/mol. The van der Waals surface area contributed by atoms with Crippen molar-refractivity contribution in [2.45, 2.75) is 6.92 Å². The number of carbonyl (C=O) groups excluding carboxylic acids is 1. The van der Waals surface area contributed by atoms with Crippen LogP contribution < -0.4 is 10.1 Å². The van der Waals surface area contributed by atoms with Gasteiger partial charge in [0.05, 0.1) is 11.3 Å². The molecule has 0 bridgehead atoms. The van der Waals surface area contributed by atoms with Crippen molar-refractivity contribution in [2.75, 3.05) is 5.32 Å². The van der Waals surface area contributed by atoms with Crippen LogP contribution in [-0.4, -0.2) is 16.0 Å². The van der Waals surface area contributed by atoms with E-state index in [2.05, 4.69) is 26.2 Å². The smallest absolute Gasteiger partial charge is 0.257 e. The first-order chi connectivity index (χ1) is 12.0. The molecule has 3 aromatic rings. The van der Waals surface area contributed by atoms with Crippen LogP contribution in [0.15, 0.2) is 65.3 Å². The average molecular weight is 399 g/mol. The summed E-state index contributed by atoms with van der Waals surface area (Å²) >= 11 is 3.37. The van der Waals surface area contributed by atoms with E-state index >= 15 is 0 Å². The Morgan fingerprint density at radius 1 is 1.16 bits per heavy atom. The van der Waals surface area contributed by atoms with Crippen molar-refractivity contribution < 1.29 is 14.6 Å². The first-order valence-corrected chi connectivity index (χ1v) is 8.31. The van der Waals surface area contributed by atoms with Gasteiger partial charge in [-0.2, -0.15) is 0 Å². The number of carbonyl (C=O) groups is 1. The first-order valence-electron chi connectivity index (χ1n) is 7.52. The average Bonchev–Trinajstić information content (AvgIpc) is 2.59. The molecule has 1 aromatic heterocycles. The molecule has 0 unspecified atom stereocenters. The van der Waals surface area contributed by atoms with Crippen molar-refractivity contribution >= 4 is 27.5 Å². The van der Waals surface area contributed by atoms with Crippen LogP contribution in [0.2, 0.25) is 0 Å². The Balaban J connectivity index is 1.71. The zero-order valence-corrected chi connectivity index (χ0v) is 14.9. The van der Waals surface area contributed by atoms with Crippen LogP contribution in [0.4, 0.5) is 5.69 Å². The maximum absolute atomic E-state index is 12.3. The summed E-state index contributed by atoms with van der Waals surface area (Å²) in [5.41, 5.74) is 1.66. The fourth-order valence-corrected chi connectivity index (χ4v) is 2.55. The third kappa shape index (κ3) is 4.36. The van der Waals surface area contributed by atoms with Gasteiger partial charge in [-0.05, 0) is 48.9 Å². The minimum Gasteiger partial charge on any atom is -0.506 e. The van der Waals surface area contributed by atoms with Crippen molar-refractivity contribution in [3.63, 3.8) is 0 Å². The molecule has 6 heteroatoms. The molecular formula is C19H15BrN2O3. The number of benzene rings is 2. The molecule has 0 atom stereocenters. The number of ether oxygens (including phenoxy) is 1. The van der Waals surface area contributed by atoms with Gasteiger partial charge in [0.25, 0.3) is 5.91 Å². The SMILES string of the molecule is Cc1ccc(O)c(NC(=O)c2ccc(Oc3cccc(Br)c3)nc2)c1. The van der Waals surface area contributed by atoms with Crippen molar-refractivity contribution in [3.05, 3.63) is 76.4 Å². The highest BCUT2D eigenvalue weighted by Crippen LogP contribution is 2.25. The minimum atomic E-state index is -0.359. The fraction of sp³-hybridized carbons (Fsp3) is 0.0526. The number of aromatic hydroxyl groups is 1. The van der Waals surface area contributed by atoms with Crippen LogP contribution in [0.1, 0.15) is 15.9 Å². The number of aryl methyl sites for hydroxylation is 1. The predicted molar refractivity (Wildman–Crippen MR) is 99.3 cm³/mol. The van der Waals surface area contributed by atoms with Gasteiger partial charge in [-0.1, -0.05) is 28.1 Å². The number of hydrogen-bond acceptors (Lipinski definition) is 4. The quantitative estimate of drug-likeness (QED) is 0.612. The molecule has 0 aliphatic carbocycles. The molecule has 0 radical (unpaired) electrons. The summed E-state index contributed by atoms with van der Waals surface area (Å²) in [5, 5.41) is 12.5. The Labute approximate surface area is 153 Å². The molecule has 0 saturated heterocycles. The molecule has 126 valence electrons. The number of aromatic nitrogens is 1. The first kappa shape index (κ1) is 17.0. The van der Waals surface area contributed by atoms with Gasteiger partial charge < -0.3 is 15.2 Å². The molecule has 1 amide bonds. The minimum absolute atomic E-state index is 0.0153. The molecule has 5 nitrogen and oxygen atoms in total. The lowest BCUT2D eigenvalue weighted by atomic mass is 10.2. The molecule has 3 rings (SSSR count). The molecule has 0 saturated carbocycles. The van der Waals surface area contributed by atoms with E-state index in [1.165, 1.54) is 12.3 Å². The summed E-state index contributed by atoms with van der Waals surface area (Å²) < 4.78 is 6.54. The van der Waals surface area contributed by atoms with E-state index in [9.17, 15) is 9.90 Å². The standard InChI is InChI=1S/C19H15BrN2O3/c1-12-5-7-17(23)16(9-12)22-19(24)13-6-8-18(21-11-13)25-15-4-2-3-14(20)10-15/h2-11,23H,1H3,(H,22,24). The normalized spacial score (nSPS) is 10.3. The summed E-state index contributed by atoms with van der Waals surface area (Å²) in [6, 6.07) is 15.6. The number of phenols is 1. The summed E-state index contributed by atoms with van der Waals surface area (Å²) in [4.78, 5) is 16.4. The lowest BCUT2D eigenvalue weighted by Gasteiger charge is -2.09. The maximum Gasteiger partial charge on any atom is 0.257 e. The molecule has 0 fully saturated rings. The summed E-state index contributed by atoms with van der Waals surface area (Å²) in [5.74, 6) is 0.681. The van der Waals surface area contributed by atoms with Crippen LogP contribution in [0, 0.1) is 6.92 Å². The van der Waals surface area contributed by atoms with Crippen molar-refractivity contribution in [1.82, 2.24) is 4.98 Å². The van der Waals surface area contributed by atoms with Crippen LogP contribution in [-0.2, 0) is 0 Å². The lowest BCUT2D eigenvalue weighted by Crippen LogP contribution is -2.12. The van der Waals surface area contributed by atoms with Crippen LogP contribution in [0.3, 0.4) is 0 Å². The highest BCUT2D eigenvalue weighted by molar-refractivity contribution is 9.10. The Morgan fingerprint density at radius 2 is 2.00 bits per heavy atom. The molecule has 0 spiro atoms. The van der Waals surface area contributed by atoms with Gasteiger partial charge in [0, 0.05) is 16.7 Å². The largest absolute Gasteiger partial charge is 0.506 e. The number of pyridine rings is 1. The van der Waals surface area contributed by atoms with E-state index in [4.69, 9.17) is 4.74 Å². The van der Waals surface area contributed by atoms with E-state index < -0.39 is 0 Å². The zero-order valence-electron chi connectivity index (χ0n) is 13.4. The van der Waals surface area contributed by atoms with Crippen molar-refractivity contribution in [3.8, 4) is 17.4 Å². The van der Waals surface area contributed by atoms with E-state index in [1.807, 2.05) is 31.2 Å². The Morgan fingerprint density at radius 3 is 2.72 bits per heavy atom. The second-order valence-electron chi connectivity index (χ2n) is 5.42. The zero-order chi connectivity index (χ0) is 17.8. The predicted octanol–water partition coefficient (Wildman–Crippen LogP) is 4.90. The van der Waals surface area contributed by atoms with Gasteiger partial charge in [-0.15, -0.1) is 0 Å². The number of nitrogens with zero attached hydrogens (tertiary/aromatic N) is 1. The molecule has 0 aliphatic heterocycles. The number of phenolic OH excluding ortho intramolecular Hbond substituents is 1. The number of hydrogen-bond donors (Lipinski definition) is 2. The summed E-state index contributed by atoms with van der Waals surface area (Å²) in [6.07, 6.45) is 1.43. The van der Waals surface area contributed by atoms with Crippen LogP contribution >= 0.6 is 15.9 Å². The molecule has 2 N–H and O–H groups in total. The van der Waals surface area contributed by atoms with Gasteiger partial charge in [0.2, 0.25) is 5.88 Å². The fourth-order valence-electron chi connectivity index (χ4n) is 2.17. The van der Waals surface area contributed by atoms with E-state index in [0.29, 0.717) is 22.9 Å². The van der Waals surface area contributed by atoms with Gasteiger partial charge in [0.15, 0.2) is 0 Å².